The van der Waals surface area contributed by atoms with Crippen LogP contribution in [-0.2, 0) is 0 Å². The molecule has 3 heterocycles. The standard InChI is InChI=1S/C20H25N5O2S/c1-13(2)25-15(12-14(3)22-25)19(26)23-8-10-24(11-9-23)20-21-18-16(27-4)6-5-7-17(18)28-20/h5-7,12-13H,8-11H2,1-4H3. The first-order chi connectivity index (χ1) is 13.5. The number of anilines is 1. The van der Waals surface area contributed by atoms with Gasteiger partial charge in [0.25, 0.3) is 5.91 Å². The topological polar surface area (TPSA) is 63.5 Å². The highest BCUT2D eigenvalue weighted by atomic mass is 32.1. The Hall–Kier alpha value is -2.61. The van der Waals surface area contributed by atoms with Gasteiger partial charge in [-0.3, -0.25) is 9.48 Å². The monoisotopic (exact) mass is 399 g/mol. The van der Waals surface area contributed by atoms with E-state index in [0.717, 1.165) is 39.9 Å². The average molecular weight is 400 g/mol. The Morgan fingerprint density at radius 1 is 1.21 bits per heavy atom. The summed E-state index contributed by atoms with van der Waals surface area (Å²) in [5.41, 5.74) is 2.45. The molecule has 4 rings (SSSR count). The number of hydrogen-bond donors (Lipinski definition) is 0. The number of ether oxygens (including phenoxy) is 1. The summed E-state index contributed by atoms with van der Waals surface area (Å²) >= 11 is 1.67. The lowest BCUT2D eigenvalue weighted by Gasteiger charge is -2.34. The Morgan fingerprint density at radius 3 is 2.64 bits per heavy atom. The van der Waals surface area contributed by atoms with E-state index in [4.69, 9.17) is 9.72 Å². The van der Waals surface area contributed by atoms with Crippen LogP contribution in [0.15, 0.2) is 24.3 Å². The van der Waals surface area contributed by atoms with Crippen molar-refractivity contribution in [1.29, 1.82) is 0 Å². The fourth-order valence-electron chi connectivity index (χ4n) is 3.54. The van der Waals surface area contributed by atoms with E-state index in [1.54, 1.807) is 18.4 Å². The van der Waals surface area contributed by atoms with Gasteiger partial charge in [-0.1, -0.05) is 17.4 Å². The highest BCUT2D eigenvalue weighted by Gasteiger charge is 2.27. The molecule has 1 fully saturated rings. The van der Waals surface area contributed by atoms with Gasteiger partial charge in [-0.25, -0.2) is 4.98 Å². The minimum absolute atomic E-state index is 0.0555. The molecule has 8 heteroatoms. The molecule has 1 amide bonds. The van der Waals surface area contributed by atoms with Crippen LogP contribution < -0.4 is 9.64 Å². The first-order valence-electron chi connectivity index (χ1n) is 9.52. The molecule has 0 radical (unpaired) electrons. The van der Waals surface area contributed by atoms with Gasteiger partial charge in [-0.2, -0.15) is 5.10 Å². The molecule has 0 bridgehead atoms. The molecule has 1 aliphatic heterocycles. The predicted octanol–water partition coefficient (Wildman–Crippen LogP) is 3.35. The fourth-order valence-corrected chi connectivity index (χ4v) is 4.58. The Kier molecular flexibility index (Phi) is 4.97. The predicted molar refractivity (Wildman–Crippen MR) is 112 cm³/mol. The molecule has 148 valence electrons. The smallest absolute Gasteiger partial charge is 0.272 e. The van der Waals surface area contributed by atoms with Gasteiger partial charge in [0.2, 0.25) is 0 Å². The number of carbonyl (C=O) groups is 1. The highest BCUT2D eigenvalue weighted by molar-refractivity contribution is 7.22. The van der Waals surface area contributed by atoms with Crippen molar-refractivity contribution in [1.82, 2.24) is 19.7 Å². The van der Waals surface area contributed by atoms with Crippen LogP contribution in [0.2, 0.25) is 0 Å². The molecule has 0 unspecified atom stereocenters. The van der Waals surface area contributed by atoms with Crippen molar-refractivity contribution in [2.24, 2.45) is 0 Å². The van der Waals surface area contributed by atoms with Crippen molar-refractivity contribution in [3.8, 4) is 5.75 Å². The lowest BCUT2D eigenvalue weighted by molar-refractivity contribution is 0.0732. The van der Waals surface area contributed by atoms with Crippen molar-refractivity contribution >= 4 is 32.6 Å². The normalized spacial score (nSPS) is 14.9. The maximum Gasteiger partial charge on any atom is 0.272 e. The minimum atomic E-state index is 0.0555. The number of nitrogens with zero attached hydrogens (tertiary/aromatic N) is 5. The van der Waals surface area contributed by atoms with Crippen LogP contribution in [0.5, 0.6) is 5.75 Å². The number of hydrogen-bond acceptors (Lipinski definition) is 6. The molecule has 1 aliphatic rings. The molecule has 7 nitrogen and oxygen atoms in total. The molecular formula is C20H25N5O2S. The first-order valence-corrected chi connectivity index (χ1v) is 10.3. The zero-order valence-corrected chi connectivity index (χ0v) is 17.5. The third-order valence-electron chi connectivity index (χ3n) is 4.99. The number of rotatable bonds is 4. The molecule has 1 aromatic carbocycles. The summed E-state index contributed by atoms with van der Waals surface area (Å²) in [7, 11) is 1.67. The number of amides is 1. The Bertz CT molecular complexity index is 1000. The molecule has 0 aliphatic carbocycles. The third kappa shape index (κ3) is 3.32. The van der Waals surface area contributed by atoms with Gasteiger partial charge in [0.05, 0.1) is 17.5 Å². The van der Waals surface area contributed by atoms with Crippen molar-refractivity contribution in [3.05, 3.63) is 35.7 Å². The summed E-state index contributed by atoms with van der Waals surface area (Å²) < 4.78 is 8.36. The number of benzene rings is 1. The Balaban J connectivity index is 1.48. The number of methoxy groups -OCH3 is 1. The highest BCUT2D eigenvalue weighted by Crippen LogP contribution is 2.34. The lowest BCUT2D eigenvalue weighted by atomic mass is 10.2. The maximum atomic E-state index is 13.0. The summed E-state index contributed by atoms with van der Waals surface area (Å²) in [5.74, 6) is 0.853. The van der Waals surface area contributed by atoms with Gasteiger partial charge >= 0.3 is 0 Å². The number of piperazine rings is 1. The lowest BCUT2D eigenvalue weighted by Crippen LogP contribution is -2.49. The minimum Gasteiger partial charge on any atom is -0.494 e. The van der Waals surface area contributed by atoms with E-state index >= 15 is 0 Å². The zero-order chi connectivity index (χ0) is 19.8. The van der Waals surface area contributed by atoms with E-state index in [0.29, 0.717) is 18.8 Å². The average Bonchev–Trinajstić information content (AvgIpc) is 3.31. The molecule has 0 atom stereocenters. The summed E-state index contributed by atoms with van der Waals surface area (Å²) in [5, 5.41) is 5.45. The largest absolute Gasteiger partial charge is 0.494 e. The Morgan fingerprint density at radius 2 is 1.96 bits per heavy atom. The van der Waals surface area contributed by atoms with E-state index < -0.39 is 0 Å². The first kappa shape index (κ1) is 18.7. The SMILES string of the molecule is COc1cccc2sc(N3CCN(C(=O)c4cc(C)nn4C(C)C)CC3)nc12. The third-order valence-corrected chi connectivity index (χ3v) is 6.08. The van der Waals surface area contributed by atoms with Crippen molar-refractivity contribution in [2.75, 3.05) is 38.2 Å². The maximum absolute atomic E-state index is 13.0. The summed E-state index contributed by atoms with van der Waals surface area (Å²) in [6.45, 7) is 8.90. The van der Waals surface area contributed by atoms with Crippen LogP contribution in [0.1, 0.15) is 36.1 Å². The van der Waals surface area contributed by atoms with Crippen LogP contribution in [0.25, 0.3) is 10.2 Å². The van der Waals surface area contributed by atoms with Crippen molar-refractivity contribution in [2.45, 2.75) is 26.8 Å². The van der Waals surface area contributed by atoms with E-state index in [-0.39, 0.29) is 11.9 Å². The molecule has 0 N–H and O–H groups in total. The van der Waals surface area contributed by atoms with E-state index in [1.165, 1.54) is 0 Å². The van der Waals surface area contributed by atoms with Crippen LogP contribution in [-0.4, -0.2) is 58.9 Å². The molecule has 0 saturated carbocycles. The number of aryl methyl sites for hydroxylation is 1. The second kappa shape index (κ2) is 7.43. The molecule has 1 saturated heterocycles. The van der Waals surface area contributed by atoms with E-state index in [2.05, 4.69) is 16.1 Å². The number of thiazole rings is 1. The van der Waals surface area contributed by atoms with Gasteiger partial charge in [0.1, 0.15) is 17.0 Å². The van der Waals surface area contributed by atoms with Gasteiger partial charge < -0.3 is 14.5 Å². The van der Waals surface area contributed by atoms with Crippen LogP contribution in [0.4, 0.5) is 5.13 Å². The number of carbonyl (C=O) groups excluding carboxylic acids is 1. The van der Waals surface area contributed by atoms with Gasteiger partial charge in [-0.15, -0.1) is 0 Å². The van der Waals surface area contributed by atoms with Crippen molar-refractivity contribution in [3.63, 3.8) is 0 Å². The molecule has 2 aromatic heterocycles. The van der Waals surface area contributed by atoms with E-state index in [1.807, 2.05) is 48.6 Å². The second-order valence-corrected chi connectivity index (χ2v) is 8.30. The molecule has 28 heavy (non-hydrogen) atoms. The van der Waals surface area contributed by atoms with E-state index in [9.17, 15) is 4.79 Å². The van der Waals surface area contributed by atoms with Crippen LogP contribution >= 0.6 is 11.3 Å². The van der Waals surface area contributed by atoms with Crippen LogP contribution in [0.3, 0.4) is 0 Å². The fraction of sp³-hybridized carbons (Fsp3) is 0.450. The molecular weight excluding hydrogens is 374 g/mol. The van der Waals surface area contributed by atoms with Gasteiger partial charge in [0, 0.05) is 32.2 Å². The quantitative estimate of drug-likeness (QED) is 0.673. The summed E-state index contributed by atoms with van der Waals surface area (Å²) in [6, 6.07) is 8.02. The summed E-state index contributed by atoms with van der Waals surface area (Å²) in [6.07, 6.45) is 0. The zero-order valence-electron chi connectivity index (χ0n) is 16.7. The summed E-state index contributed by atoms with van der Waals surface area (Å²) in [4.78, 5) is 22.0. The van der Waals surface area contributed by atoms with Crippen LogP contribution in [0, 0.1) is 6.92 Å². The van der Waals surface area contributed by atoms with Gasteiger partial charge in [0.15, 0.2) is 5.13 Å². The second-order valence-electron chi connectivity index (χ2n) is 7.29. The number of aromatic nitrogens is 3. The van der Waals surface area contributed by atoms with Gasteiger partial charge in [-0.05, 0) is 39.0 Å². The number of para-hydroxylation sites is 1. The van der Waals surface area contributed by atoms with Crippen molar-refractivity contribution < 1.29 is 9.53 Å². The molecule has 3 aromatic rings. The number of fused-ring (bicyclic) bond motifs is 1. The molecule has 0 spiro atoms. The Labute approximate surface area is 168 Å².